The molecule has 0 spiro atoms. The zero-order valence-corrected chi connectivity index (χ0v) is 17.1. The molecule has 4 aliphatic carbocycles. The van der Waals surface area contributed by atoms with Crippen LogP contribution in [0.3, 0.4) is 0 Å². The van der Waals surface area contributed by atoms with Crippen LogP contribution in [0.1, 0.15) is 57.8 Å². The van der Waals surface area contributed by atoms with Gasteiger partial charge in [0.25, 0.3) is 0 Å². The van der Waals surface area contributed by atoms with Gasteiger partial charge in [-0.05, 0) is 56.8 Å². The fraction of sp³-hybridized carbons (Fsp3) is 0.900. The van der Waals surface area contributed by atoms with Crippen molar-refractivity contribution in [3.63, 3.8) is 0 Å². The van der Waals surface area contributed by atoms with Gasteiger partial charge in [0.2, 0.25) is 11.9 Å². The summed E-state index contributed by atoms with van der Waals surface area (Å²) in [6.45, 7) is 1.35. The minimum Gasteiger partial charge on any atom is -0.362 e. The van der Waals surface area contributed by atoms with Gasteiger partial charge >= 0.3 is 0 Å². The van der Waals surface area contributed by atoms with Gasteiger partial charge in [-0.15, -0.1) is 0 Å². The lowest BCUT2D eigenvalue weighted by Gasteiger charge is -2.27. The van der Waals surface area contributed by atoms with Crippen LogP contribution in [0.15, 0.2) is 9.98 Å². The molecule has 0 aromatic carbocycles. The Kier molecular flexibility index (Phi) is 6.17. The van der Waals surface area contributed by atoms with E-state index in [0.717, 1.165) is 37.5 Å². The predicted molar refractivity (Wildman–Crippen MR) is 109 cm³/mol. The highest BCUT2D eigenvalue weighted by molar-refractivity contribution is 5.96. The first kappa shape index (κ1) is 19.5. The SMILES string of the molecule is C1CCC(OCNC2=NC(NCOC3C4CCC43)NC(NCOC3CCC3)=N2)C1. The number of hydrogen-bond acceptors (Lipinski definition) is 9. The molecule has 0 amide bonds. The summed E-state index contributed by atoms with van der Waals surface area (Å²) in [6.07, 6.45) is 11.9. The fourth-order valence-electron chi connectivity index (χ4n) is 4.53. The van der Waals surface area contributed by atoms with Crippen molar-refractivity contribution >= 4 is 11.9 Å². The molecule has 5 aliphatic rings. The third kappa shape index (κ3) is 5.02. The number of aliphatic imine (C=N–C) groups is 2. The Morgan fingerprint density at radius 2 is 1.48 bits per heavy atom. The lowest BCUT2D eigenvalue weighted by Crippen LogP contribution is -2.54. The number of nitrogens with one attached hydrogen (secondary N) is 4. The second kappa shape index (κ2) is 9.16. The van der Waals surface area contributed by atoms with Crippen molar-refractivity contribution in [3.8, 4) is 0 Å². The first-order valence-electron chi connectivity index (χ1n) is 11.3. The van der Waals surface area contributed by atoms with Crippen LogP contribution in [0.4, 0.5) is 0 Å². The minimum atomic E-state index is -0.302. The Morgan fingerprint density at radius 1 is 0.793 bits per heavy atom. The highest BCUT2D eigenvalue weighted by Crippen LogP contribution is 2.57. The lowest BCUT2D eigenvalue weighted by atomic mass is 9.96. The van der Waals surface area contributed by atoms with Gasteiger partial charge < -0.3 is 30.2 Å². The molecule has 0 bridgehead atoms. The van der Waals surface area contributed by atoms with Crippen LogP contribution in [0, 0.1) is 11.8 Å². The summed E-state index contributed by atoms with van der Waals surface area (Å²) in [6, 6.07) is 0. The smallest absolute Gasteiger partial charge is 0.226 e. The van der Waals surface area contributed by atoms with E-state index in [0.29, 0.717) is 50.4 Å². The third-order valence-corrected chi connectivity index (χ3v) is 6.84. The van der Waals surface area contributed by atoms with E-state index in [1.807, 2.05) is 0 Å². The van der Waals surface area contributed by atoms with Crippen LogP contribution in [0.2, 0.25) is 0 Å². The van der Waals surface area contributed by atoms with Gasteiger partial charge in [-0.1, -0.05) is 12.8 Å². The molecule has 0 saturated heterocycles. The van der Waals surface area contributed by atoms with E-state index >= 15 is 0 Å². The van der Waals surface area contributed by atoms with Gasteiger partial charge in [0, 0.05) is 0 Å². The largest absolute Gasteiger partial charge is 0.362 e. The number of nitrogens with zero attached hydrogens (tertiary/aromatic N) is 2. The van der Waals surface area contributed by atoms with Crippen LogP contribution in [-0.2, 0) is 14.2 Å². The van der Waals surface area contributed by atoms with Gasteiger partial charge in [0.05, 0.1) is 25.0 Å². The van der Waals surface area contributed by atoms with E-state index in [2.05, 4.69) is 31.3 Å². The first-order valence-corrected chi connectivity index (χ1v) is 11.3. The molecule has 0 aromatic heterocycles. The van der Waals surface area contributed by atoms with E-state index in [4.69, 9.17) is 14.2 Å². The molecule has 0 radical (unpaired) electrons. The number of rotatable bonds is 10. The summed E-state index contributed by atoms with van der Waals surface area (Å²) < 4.78 is 17.6. The van der Waals surface area contributed by atoms with Gasteiger partial charge in [0.15, 0.2) is 6.29 Å². The highest BCUT2D eigenvalue weighted by atomic mass is 16.5. The van der Waals surface area contributed by atoms with Crippen molar-refractivity contribution in [1.82, 2.24) is 21.3 Å². The van der Waals surface area contributed by atoms with Crippen molar-refractivity contribution in [1.29, 1.82) is 0 Å². The van der Waals surface area contributed by atoms with Crippen LogP contribution in [-0.4, -0.2) is 56.7 Å². The maximum absolute atomic E-state index is 5.95. The van der Waals surface area contributed by atoms with Crippen LogP contribution in [0.5, 0.6) is 0 Å². The Hall–Kier alpha value is -1.42. The normalized spacial score (nSPS) is 33.7. The molecule has 29 heavy (non-hydrogen) atoms. The average molecular weight is 407 g/mol. The van der Waals surface area contributed by atoms with Crippen LogP contribution >= 0.6 is 0 Å². The zero-order valence-electron chi connectivity index (χ0n) is 17.1. The summed E-state index contributed by atoms with van der Waals surface area (Å²) in [7, 11) is 0. The molecule has 4 N–H and O–H groups in total. The molecule has 3 atom stereocenters. The van der Waals surface area contributed by atoms with Gasteiger partial charge in [-0.25, -0.2) is 4.99 Å². The molecule has 1 aliphatic heterocycles. The van der Waals surface area contributed by atoms with E-state index in [1.54, 1.807) is 0 Å². The molecule has 3 unspecified atom stereocenters. The monoisotopic (exact) mass is 406 g/mol. The first-order chi connectivity index (χ1) is 14.3. The minimum absolute atomic E-state index is 0.302. The van der Waals surface area contributed by atoms with Crippen molar-refractivity contribution in [2.75, 3.05) is 20.2 Å². The number of guanidine groups is 2. The quantitative estimate of drug-likeness (QED) is 0.404. The summed E-state index contributed by atoms with van der Waals surface area (Å²) >= 11 is 0. The molecule has 5 rings (SSSR count). The lowest BCUT2D eigenvalue weighted by molar-refractivity contribution is -0.00123. The summed E-state index contributed by atoms with van der Waals surface area (Å²) in [5.74, 6) is 2.82. The Morgan fingerprint density at radius 3 is 2.14 bits per heavy atom. The molecule has 9 heteroatoms. The maximum atomic E-state index is 5.95. The van der Waals surface area contributed by atoms with E-state index in [-0.39, 0.29) is 6.29 Å². The third-order valence-electron chi connectivity index (χ3n) is 6.84. The Balaban J connectivity index is 1.08. The van der Waals surface area contributed by atoms with Crippen molar-refractivity contribution in [3.05, 3.63) is 0 Å². The molecule has 4 saturated carbocycles. The second-order valence-corrected chi connectivity index (χ2v) is 8.78. The molecule has 4 fully saturated rings. The number of fused-ring (bicyclic) bond motifs is 1. The topological polar surface area (TPSA) is 101 Å². The molecule has 1 heterocycles. The van der Waals surface area contributed by atoms with Crippen LogP contribution < -0.4 is 21.3 Å². The van der Waals surface area contributed by atoms with Gasteiger partial charge in [-0.3, -0.25) is 5.32 Å². The molecular weight excluding hydrogens is 372 g/mol. The predicted octanol–water partition coefficient (Wildman–Crippen LogP) is 1.18. The Labute approximate surface area is 172 Å². The Bertz CT molecular complexity index is 609. The number of ether oxygens (including phenoxy) is 3. The van der Waals surface area contributed by atoms with Gasteiger partial charge in [-0.2, -0.15) is 4.99 Å². The summed E-state index contributed by atoms with van der Waals surface area (Å²) in [5, 5.41) is 13.0. The summed E-state index contributed by atoms with van der Waals surface area (Å²) in [4.78, 5) is 9.11. The van der Waals surface area contributed by atoms with Crippen molar-refractivity contribution in [2.45, 2.75) is 82.4 Å². The van der Waals surface area contributed by atoms with Gasteiger partial charge in [0.1, 0.15) is 13.5 Å². The molecule has 162 valence electrons. The average Bonchev–Trinajstić information content (AvgIpc) is 2.99. The zero-order chi connectivity index (χ0) is 19.5. The van der Waals surface area contributed by atoms with E-state index < -0.39 is 0 Å². The fourth-order valence-corrected chi connectivity index (χ4v) is 4.53. The second-order valence-electron chi connectivity index (χ2n) is 8.78. The van der Waals surface area contributed by atoms with Crippen LogP contribution in [0.25, 0.3) is 0 Å². The standard InChI is InChI=1S/C20H34N6O3/c1-2-5-13(4-1)27-10-21-18-24-19(22-11-28-14-6-3-7-14)26-20(25-18)23-12-29-17-15-8-9-16(15)17/h13-17,20,23H,1-12H2,(H3,21,22,24,25,26). The van der Waals surface area contributed by atoms with E-state index in [9.17, 15) is 0 Å². The molecule has 0 aromatic rings. The van der Waals surface area contributed by atoms with Crippen molar-refractivity contribution in [2.24, 2.45) is 21.8 Å². The number of hydrogen-bond donors (Lipinski definition) is 4. The van der Waals surface area contributed by atoms with Crippen molar-refractivity contribution < 1.29 is 14.2 Å². The molecular formula is C20H34N6O3. The maximum Gasteiger partial charge on any atom is 0.226 e. The van der Waals surface area contributed by atoms with E-state index in [1.165, 1.54) is 32.1 Å². The molecule has 9 nitrogen and oxygen atoms in total. The highest BCUT2D eigenvalue weighted by Gasteiger charge is 2.57. The summed E-state index contributed by atoms with van der Waals surface area (Å²) in [5.41, 5.74) is 0.